The number of hydrogen-bond donors (Lipinski definition) is 1. The maximum absolute atomic E-state index is 12.9. The molecule has 2 saturated heterocycles. The van der Waals surface area contributed by atoms with Crippen LogP contribution in [0.3, 0.4) is 0 Å². The summed E-state index contributed by atoms with van der Waals surface area (Å²) in [5.41, 5.74) is 1.27. The van der Waals surface area contributed by atoms with Crippen LogP contribution in [0.15, 0.2) is 30.3 Å². The van der Waals surface area contributed by atoms with Crippen molar-refractivity contribution in [3.8, 4) is 0 Å². The smallest absolute Gasteiger partial charge is 0.239 e. The van der Waals surface area contributed by atoms with E-state index in [0.29, 0.717) is 13.2 Å². The van der Waals surface area contributed by atoms with Crippen molar-refractivity contribution in [2.45, 2.75) is 38.6 Å². The van der Waals surface area contributed by atoms with E-state index in [9.17, 15) is 9.90 Å². The predicted octanol–water partition coefficient (Wildman–Crippen LogP) is 1.94. The van der Waals surface area contributed by atoms with Crippen molar-refractivity contribution in [3.63, 3.8) is 0 Å². The molecule has 5 nitrogen and oxygen atoms in total. The summed E-state index contributed by atoms with van der Waals surface area (Å²) in [6.07, 6.45) is 3.74. The Labute approximate surface area is 156 Å². The molecule has 2 aliphatic heterocycles. The van der Waals surface area contributed by atoms with Crippen molar-refractivity contribution in [3.05, 3.63) is 35.9 Å². The minimum Gasteiger partial charge on any atom is -0.396 e. The first-order valence-corrected chi connectivity index (χ1v) is 9.89. The van der Waals surface area contributed by atoms with Crippen LogP contribution in [0.25, 0.3) is 0 Å². The minimum atomic E-state index is -0.0788. The third-order valence-electron chi connectivity index (χ3n) is 6.21. The lowest BCUT2D eigenvalue weighted by Crippen LogP contribution is -2.53. The molecule has 0 spiro atoms. The number of aryl methyl sites for hydroxylation is 1. The monoisotopic (exact) mass is 360 g/mol. The molecular formula is C21H32N2O3. The van der Waals surface area contributed by atoms with E-state index in [1.807, 2.05) is 17.9 Å². The number of hydrogen-bond acceptors (Lipinski definition) is 4. The fourth-order valence-electron chi connectivity index (χ4n) is 4.13. The summed E-state index contributed by atoms with van der Waals surface area (Å²) in [5.74, 6) is 0.224. The molecule has 0 aliphatic carbocycles. The summed E-state index contributed by atoms with van der Waals surface area (Å²) in [4.78, 5) is 17.1. The molecule has 0 unspecified atom stereocenters. The standard InChI is InChI=1S/C21H32N2O3/c1-18(22-13-15-26-16-14-22)20(25)23-11-9-21(17-24,10-12-23)8-7-19-5-3-2-4-6-19/h2-6,18,24H,7-17H2,1H3/t18-/m0/s1. The molecule has 2 fully saturated rings. The number of piperidine rings is 1. The quantitative estimate of drug-likeness (QED) is 0.842. The maximum Gasteiger partial charge on any atom is 0.239 e. The van der Waals surface area contributed by atoms with E-state index in [4.69, 9.17) is 4.74 Å². The van der Waals surface area contributed by atoms with Crippen LogP contribution in [0.5, 0.6) is 0 Å². The lowest BCUT2D eigenvalue weighted by Gasteiger charge is -2.43. The van der Waals surface area contributed by atoms with Crippen molar-refractivity contribution >= 4 is 5.91 Å². The summed E-state index contributed by atoms with van der Waals surface area (Å²) in [6.45, 7) is 6.82. The molecule has 26 heavy (non-hydrogen) atoms. The summed E-state index contributed by atoms with van der Waals surface area (Å²) in [6, 6.07) is 10.4. The van der Waals surface area contributed by atoms with Gasteiger partial charge in [-0.1, -0.05) is 30.3 Å². The number of nitrogens with zero attached hydrogens (tertiary/aromatic N) is 2. The van der Waals surface area contributed by atoms with Gasteiger partial charge in [-0.2, -0.15) is 0 Å². The van der Waals surface area contributed by atoms with Crippen molar-refractivity contribution in [1.29, 1.82) is 0 Å². The Balaban J connectivity index is 1.52. The highest BCUT2D eigenvalue weighted by Gasteiger charge is 2.37. The van der Waals surface area contributed by atoms with Gasteiger partial charge in [-0.05, 0) is 43.6 Å². The highest BCUT2D eigenvalue weighted by molar-refractivity contribution is 5.81. The van der Waals surface area contributed by atoms with E-state index < -0.39 is 0 Å². The van der Waals surface area contributed by atoms with Gasteiger partial charge >= 0.3 is 0 Å². The molecule has 0 bridgehead atoms. The number of amides is 1. The first kappa shape index (κ1) is 19.3. The molecule has 1 aromatic rings. The highest BCUT2D eigenvalue weighted by Crippen LogP contribution is 2.36. The van der Waals surface area contributed by atoms with Crippen LogP contribution in [0, 0.1) is 5.41 Å². The van der Waals surface area contributed by atoms with Crippen molar-refractivity contribution in [1.82, 2.24) is 9.80 Å². The number of benzene rings is 1. The Hall–Kier alpha value is -1.43. The molecule has 5 heteroatoms. The highest BCUT2D eigenvalue weighted by atomic mass is 16.5. The lowest BCUT2D eigenvalue weighted by atomic mass is 9.74. The zero-order valence-electron chi connectivity index (χ0n) is 15.9. The number of carbonyl (C=O) groups excluding carboxylic acids is 1. The summed E-state index contributed by atoms with van der Waals surface area (Å²) in [7, 11) is 0. The van der Waals surface area contributed by atoms with Gasteiger partial charge in [-0.15, -0.1) is 0 Å². The molecule has 1 atom stereocenters. The first-order valence-electron chi connectivity index (χ1n) is 9.89. The molecule has 2 aliphatic rings. The van der Waals surface area contributed by atoms with E-state index in [1.165, 1.54) is 5.56 Å². The number of aliphatic hydroxyl groups excluding tert-OH is 1. The SMILES string of the molecule is C[C@@H](C(=O)N1CCC(CO)(CCc2ccccc2)CC1)N1CCOCC1. The van der Waals surface area contributed by atoms with E-state index in [2.05, 4.69) is 29.2 Å². The third-order valence-corrected chi connectivity index (χ3v) is 6.21. The zero-order valence-corrected chi connectivity index (χ0v) is 15.9. The average molecular weight is 360 g/mol. The second-order valence-electron chi connectivity index (χ2n) is 7.79. The second-order valence-corrected chi connectivity index (χ2v) is 7.79. The number of aliphatic hydroxyl groups is 1. The fraction of sp³-hybridized carbons (Fsp3) is 0.667. The second kappa shape index (κ2) is 8.98. The predicted molar refractivity (Wildman–Crippen MR) is 102 cm³/mol. The first-order chi connectivity index (χ1) is 12.6. The molecule has 2 heterocycles. The Morgan fingerprint density at radius 3 is 2.42 bits per heavy atom. The molecule has 0 saturated carbocycles. The Bertz CT molecular complexity index is 564. The molecule has 1 amide bonds. The van der Waals surface area contributed by atoms with Gasteiger partial charge in [0.05, 0.1) is 19.3 Å². The van der Waals surface area contributed by atoms with Crippen molar-refractivity contribution in [2.24, 2.45) is 5.41 Å². The average Bonchev–Trinajstić information content (AvgIpc) is 2.73. The van der Waals surface area contributed by atoms with Crippen LogP contribution in [-0.4, -0.2) is 72.9 Å². The van der Waals surface area contributed by atoms with Crippen LogP contribution in [-0.2, 0) is 16.0 Å². The van der Waals surface area contributed by atoms with E-state index in [1.54, 1.807) is 0 Å². The van der Waals surface area contributed by atoms with Crippen molar-refractivity contribution < 1.29 is 14.6 Å². The van der Waals surface area contributed by atoms with Gasteiger partial charge in [0.25, 0.3) is 0 Å². The number of rotatable bonds is 6. The van der Waals surface area contributed by atoms with Gasteiger partial charge in [0, 0.05) is 32.8 Å². The molecule has 3 rings (SSSR count). The minimum absolute atomic E-state index is 0.0468. The van der Waals surface area contributed by atoms with Crippen molar-refractivity contribution in [2.75, 3.05) is 46.0 Å². The third kappa shape index (κ3) is 4.64. The summed E-state index contributed by atoms with van der Waals surface area (Å²) >= 11 is 0. The van der Waals surface area contributed by atoms with Crippen LogP contribution >= 0.6 is 0 Å². The number of ether oxygens (including phenoxy) is 1. The van der Waals surface area contributed by atoms with E-state index in [0.717, 1.165) is 51.9 Å². The summed E-state index contributed by atoms with van der Waals surface area (Å²) < 4.78 is 5.39. The Morgan fingerprint density at radius 1 is 1.15 bits per heavy atom. The Morgan fingerprint density at radius 2 is 1.81 bits per heavy atom. The van der Waals surface area contributed by atoms with Gasteiger partial charge in [-0.25, -0.2) is 0 Å². The topological polar surface area (TPSA) is 53.0 Å². The van der Waals surface area contributed by atoms with Crippen LogP contribution < -0.4 is 0 Å². The molecule has 0 aromatic heterocycles. The zero-order chi connectivity index (χ0) is 18.4. The maximum atomic E-state index is 12.9. The van der Waals surface area contributed by atoms with Gasteiger partial charge in [0.15, 0.2) is 0 Å². The van der Waals surface area contributed by atoms with Gasteiger partial charge < -0.3 is 14.7 Å². The van der Waals surface area contributed by atoms with Gasteiger partial charge in [-0.3, -0.25) is 9.69 Å². The number of likely N-dealkylation sites (tertiary alicyclic amines) is 1. The molecule has 144 valence electrons. The van der Waals surface area contributed by atoms with Crippen LogP contribution in [0.1, 0.15) is 31.7 Å². The normalized spacial score (nSPS) is 22.2. The summed E-state index contributed by atoms with van der Waals surface area (Å²) in [5, 5.41) is 10.0. The fourth-order valence-corrected chi connectivity index (χ4v) is 4.13. The number of carbonyl (C=O) groups is 1. The largest absolute Gasteiger partial charge is 0.396 e. The molecule has 1 N–H and O–H groups in total. The van der Waals surface area contributed by atoms with Crippen LogP contribution in [0.4, 0.5) is 0 Å². The lowest BCUT2D eigenvalue weighted by molar-refractivity contribution is -0.141. The van der Waals surface area contributed by atoms with E-state index in [-0.39, 0.29) is 24.0 Å². The Kier molecular flexibility index (Phi) is 6.68. The van der Waals surface area contributed by atoms with Gasteiger partial charge in [0.2, 0.25) is 5.91 Å². The molecule has 0 radical (unpaired) electrons. The number of morpholine rings is 1. The molecule has 1 aromatic carbocycles. The van der Waals surface area contributed by atoms with E-state index >= 15 is 0 Å². The van der Waals surface area contributed by atoms with Gasteiger partial charge in [0.1, 0.15) is 0 Å². The molecular weight excluding hydrogens is 328 g/mol. The van der Waals surface area contributed by atoms with Crippen LogP contribution in [0.2, 0.25) is 0 Å².